The van der Waals surface area contributed by atoms with Crippen LogP contribution in [0.2, 0.25) is 0 Å². The Morgan fingerprint density at radius 2 is 2.30 bits per heavy atom. The summed E-state index contributed by atoms with van der Waals surface area (Å²) in [6.45, 7) is 1.58. The van der Waals surface area contributed by atoms with Crippen LogP contribution in [0.25, 0.3) is 0 Å². The lowest BCUT2D eigenvalue weighted by Gasteiger charge is -2.01. The van der Waals surface area contributed by atoms with Gasteiger partial charge in [-0.2, -0.15) is 0 Å². The minimum atomic E-state index is -2.59. The van der Waals surface area contributed by atoms with Gasteiger partial charge in [0.1, 0.15) is 5.92 Å². The summed E-state index contributed by atoms with van der Waals surface area (Å²) in [6, 6.07) is 0. The second-order valence-corrected chi connectivity index (χ2v) is 2.20. The quantitative estimate of drug-likeness (QED) is 0.586. The molecule has 0 saturated carbocycles. The largest absolute Gasteiger partial charge is 0.330 e. The molecule has 4 heteroatoms. The number of rotatable bonds is 1. The van der Waals surface area contributed by atoms with E-state index in [2.05, 4.69) is 5.32 Å². The Bertz CT molecular complexity index is 188. The highest BCUT2D eigenvalue weighted by molar-refractivity contribution is 5.85. The molecule has 0 spiro atoms. The molecular weight excluding hydrogens is 140 g/mol. The average molecular weight is 147 g/mol. The fourth-order valence-corrected chi connectivity index (χ4v) is 0.852. The molecule has 0 aliphatic carbocycles. The van der Waals surface area contributed by atoms with Crippen LogP contribution in [-0.4, -0.2) is 12.3 Å². The number of carbonyl (C=O) groups is 1. The lowest BCUT2D eigenvalue weighted by molar-refractivity contribution is -0.125. The molecule has 0 aromatic carbocycles. The highest BCUT2D eigenvalue weighted by Gasteiger charge is 2.30. The number of hydrogen-bond donors (Lipinski definition) is 1. The lowest BCUT2D eigenvalue weighted by Crippen LogP contribution is -2.25. The monoisotopic (exact) mass is 147 g/mol. The van der Waals surface area contributed by atoms with E-state index in [9.17, 15) is 13.6 Å². The summed E-state index contributed by atoms with van der Waals surface area (Å²) in [5, 5.41) is 2.29. The minimum Gasteiger partial charge on any atom is -0.330 e. The lowest BCUT2D eigenvalue weighted by atomic mass is 10.1. The number of halogens is 2. The van der Waals surface area contributed by atoms with E-state index in [1.807, 2.05) is 0 Å². The zero-order valence-corrected chi connectivity index (χ0v) is 5.40. The normalized spacial score (nSPS) is 25.0. The van der Waals surface area contributed by atoms with Crippen LogP contribution >= 0.6 is 0 Å². The van der Waals surface area contributed by atoms with Gasteiger partial charge >= 0.3 is 0 Å². The van der Waals surface area contributed by atoms with Crippen molar-refractivity contribution in [3.05, 3.63) is 11.8 Å². The second-order valence-electron chi connectivity index (χ2n) is 2.20. The van der Waals surface area contributed by atoms with Gasteiger partial charge in [-0.05, 0) is 13.0 Å². The van der Waals surface area contributed by atoms with Crippen LogP contribution in [0.15, 0.2) is 11.8 Å². The maximum Gasteiger partial charge on any atom is 0.253 e. The summed E-state index contributed by atoms with van der Waals surface area (Å²) in [7, 11) is 0. The molecule has 1 aliphatic heterocycles. The van der Waals surface area contributed by atoms with Crippen molar-refractivity contribution < 1.29 is 13.6 Å². The van der Waals surface area contributed by atoms with Crippen LogP contribution in [-0.2, 0) is 4.79 Å². The Labute approximate surface area is 56.9 Å². The van der Waals surface area contributed by atoms with E-state index in [1.54, 1.807) is 6.92 Å². The van der Waals surface area contributed by atoms with Crippen LogP contribution in [0.1, 0.15) is 6.92 Å². The predicted octanol–water partition coefficient (Wildman–Crippen LogP) is 0.901. The number of nitrogens with one attached hydrogen (secondary N) is 1. The van der Waals surface area contributed by atoms with E-state index >= 15 is 0 Å². The zero-order valence-electron chi connectivity index (χ0n) is 5.40. The van der Waals surface area contributed by atoms with E-state index in [0.29, 0.717) is 5.70 Å². The minimum absolute atomic E-state index is 0.510. The van der Waals surface area contributed by atoms with E-state index < -0.39 is 18.3 Å². The maximum absolute atomic E-state index is 11.9. The molecule has 0 aromatic heterocycles. The van der Waals surface area contributed by atoms with Gasteiger partial charge in [-0.3, -0.25) is 4.79 Å². The van der Waals surface area contributed by atoms with Crippen molar-refractivity contribution in [2.75, 3.05) is 0 Å². The molecule has 0 bridgehead atoms. The van der Waals surface area contributed by atoms with Crippen molar-refractivity contribution in [3.63, 3.8) is 0 Å². The molecule has 2 nitrogen and oxygen atoms in total. The molecule has 0 fully saturated rings. The first-order chi connectivity index (χ1) is 4.61. The molecule has 1 aliphatic rings. The number of allylic oxidation sites excluding steroid dienone is 1. The molecule has 1 heterocycles. The SMILES string of the molecule is CC1=CC(C(F)F)C(=O)N1. The van der Waals surface area contributed by atoms with Crippen molar-refractivity contribution in [2.24, 2.45) is 5.92 Å². The zero-order chi connectivity index (χ0) is 7.72. The second kappa shape index (κ2) is 2.36. The van der Waals surface area contributed by atoms with E-state index in [0.717, 1.165) is 0 Å². The molecule has 0 saturated heterocycles. The van der Waals surface area contributed by atoms with Gasteiger partial charge in [0, 0.05) is 5.70 Å². The predicted molar refractivity (Wildman–Crippen MR) is 31.4 cm³/mol. The fraction of sp³-hybridized carbons (Fsp3) is 0.500. The third-order valence-corrected chi connectivity index (χ3v) is 1.32. The standard InChI is InChI=1S/C6H7F2NO/c1-3-2-4(5(7)8)6(10)9-3/h2,4-5H,1H3,(H,9,10). The van der Waals surface area contributed by atoms with Gasteiger partial charge in [0.05, 0.1) is 0 Å². The molecule has 56 valence electrons. The summed E-state index contributed by atoms with van der Waals surface area (Å²) >= 11 is 0. The number of alkyl halides is 2. The van der Waals surface area contributed by atoms with Crippen LogP contribution < -0.4 is 5.32 Å². The highest BCUT2D eigenvalue weighted by Crippen LogP contribution is 2.18. The fourth-order valence-electron chi connectivity index (χ4n) is 0.852. The summed E-state index contributed by atoms with van der Waals surface area (Å²) in [5.41, 5.74) is 0.510. The van der Waals surface area contributed by atoms with Crippen LogP contribution in [0.5, 0.6) is 0 Å². The Balaban J connectivity index is 2.69. The summed E-state index contributed by atoms with van der Waals surface area (Å²) < 4.78 is 23.7. The van der Waals surface area contributed by atoms with Crippen LogP contribution in [0, 0.1) is 5.92 Å². The van der Waals surface area contributed by atoms with E-state index in [4.69, 9.17) is 0 Å². The summed E-state index contributed by atoms with van der Waals surface area (Å²) in [6.07, 6.45) is -1.34. The van der Waals surface area contributed by atoms with Crippen molar-refractivity contribution >= 4 is 5.91 Å². The average Bonchev–Trinajstić information content (AvgIpc) is 2.10. The Morgan fingerprint density at radius 1 is 1.70 bits per heavy atom. The molecule has 1 atom stereocenters. The van der Waals surface area contributed by atoms with Crippen molar-refractivity contribution in [1.82, 2.24) is 5.32 Å². The first kappa shape index (κ1) is 7.18. The van der Waals surface area contributed by atoms with Gasteiger partial charge in [-0.25, -0.2) is 8.78 Å². The third-order valence-electron chi connectivity index (χ3n) is 1.32. The maximum atomic E-state index is 11.9. The van der Waals surface area contributed by atoms with Gasteiger partial charge in [0.15, 0.2) is 0 Å². The molecular formula is C6H7F2NO. The van der Waals surface area contributed by atoms with Gasteiger partial charge < -0.3 is 5.32 Å². The Kier molecular flexibility index (Phi) is 1.70. The molecule has 1 amide bonds. The first-order valence-electron chi connectivity index (χ1n) is 2.88. The molecule has 10 heavy (non-hydrogen) atoms. The molecule has 1 rings (SSSR count). The number of hydrogen-bond acceptors (Lipinski definition) is 1. The number of carbonyl (C=O) groups excluding carboxylic acids is 1. The summed E-state index contributed by atoms with van der Waals surface area (Å²) in [5.74, 6) is -1.84. The molecule has 0 aromatic rings. The third kappa shape index (κ3) is 1.15. The number of amides is 1. The summed E-state index contributed by atoms with van der Waals surface area (Å²) in [4.78, 5) is 10.6. The van der Waals surface area contributed by atoms with Crippen molar-refractivity contribution in [2.45, 2.75) is 13.3 Å². The topological polar surface area (TPSA) is 29.1 Å². The Hall–Kier alpha value is -0.930. The van der Waals surface area contributed by atoms with Gasteiger partial charge in [-0.15, -0.1) is 0 Å². The molecule has 1 N–H and O–H groups in total. The first-order valence-corrected chi connectivity index (χ1v) is 2.88. The van der Waals surface area contributed by atoms with Crippen LogP contribution in [0.4, 0.5) is 8.78 Å². The van der Waals surface area contributed by atoms with Crippen LogP contribution in [0.3, 0.4) is 0 Å². The van der Waals surface area contributed by atoms with E-state index in [1.165, 1.54) is 6.08 Å². The van der Waals surface area contributed by atoms with E-state index in [-0.39, 0.29) is 0 Å². The van der Waals surface area contributed by atoms with Gasteiger partial charge in [0.2, 0.25) is 5.91 Å². The highest BCUT2D eigenvalue weighted by atomic mass is 19.3. The van der Waals surface area contributed by atoms with Crippen molar-refractivity contribution in [1.29, 1.82) is 0 Å². The van der Waals surface area contributed by atoms with Gasteiger partial charge in [-0.1, -0.05) is 0 Å². The van der Waals surface area contributed by atoms with Crippen molar-refractivity contribution in [3.8, 4) is 0 Å². The molecule has 0 radical (unpaired) electrons. The molecule has 1 unspecified atom stereocenters. The Morgan fingerprint density at radius 3 is 2.50 bits per heavy atom. The smallest absolute Gasteiger partial charge is 0.253 e. The van der Waals surface area contributed by atoms with Gasteiger partial charge in [0.25, 0.3) is 6.43 Å².